The molecule has 3 N–H and O–H groups in total. The van der Waals surface area contributed by atoms with E-state index in [-0.39, 0.29) is 6.03 Å². The van der Waals surface area contributed by atoms with E-state index in [1.807, 2.05) is 0 Å². The van der Waals surface area contributed by atoms with Gasteiger partial charge in [0.1, 0.15) is 0 Å². The van der Waals surface area contributed by atoms with E-state index in [0.717, 1.165) is 38.9 Å². The predicted molar refractivity (Wildman–Crippen MR) is 75.4 cm³/mol. The summed E-state index contributed by atoms with van der Waals surface area (Å²) in [4.78, 5) is 13.2. The lowest BCUT2D eigenvalue weighted by Crippen LogP contribution is -2.53. The lowest BCUT2D eigenvalue weighted by molar-refractivity contribution is 0.130. The van der Waals surface area contributed by atoms with Crippen molar-refractivity contribution in [3.05, 3.63) is 0 Å². The maximum absolute atomic E-state index is 11.4. The van der Waals surface area contributed by atoms with Gasteiger partial charge in [-0.05, 0) is 37.1 Å². The molecule has 0 saturated carbocycles. The van der Waals surface area contributed by atoms with Gasteiger partial charge in [-0.15, -0.1) is 0 Å². The van der Waals surface area contributed by atoms with Gasteiger partial charge in [0.25, 0.3) is 0 Å². The van der Waals surface area contributed by atoms with Crippen molar-refractivity contribution >= 4 is 6.03 Å². The van der Waals surface area contributed by atoms with Gasteiger partial charge in [-0.3, -0.25) is 0 Å². The zero-order valence-electron chi connectivity index (χ0n) is 12.3. The maximum atomic E-state index is 11.4. The van der Waals surface area contributed by atoms with Crippen molar-refractivity contribution in [1.82, 2.24) is 10.2 Å². The smallest absolute Gasteiger partial charge is 0.314 e. The predicted octanol–water partition coefficient (Wildman–Crippen LogP) is 2.19. The van der Waals surface area contributed by atoms with Crippen molar-refractivity contribution in [2.24, 2.45) is 17.1 Å². The van der Waals surface area contributed by atoms with Crippen LogP contribution >= 0.6 is 0 Å². The molecule has 0 aromatic heterocycles. The van der Waals surface area contributed by atoms with Gasteiger partial charge in [-0.1, -0.05) is 27.7 Å². The minimum absolute atomic E-state index is 0.281. The number of urea groups is 1. The van der Waals surface area contributed by atoms with E-state index in [1.54, 1.807) is 4.90 Å². The molecular weight excluding hydrogens is 226 g/mol. The quantitative estimate of drug-likeness (QED) is 0.809. The number of primary amides is 1. The Hall–Kier alpha value is -0.770. The Labute approximate surface area is 111 Å². The Morgan fingerprint density at radius 2 is 2.06 bits per heavy atom. The second-order valence-electron chi connectivity index (χ2n) is 6.76. The van der Waals surface area contributed by atoms with Crippen LogP contribution in [0.3, 0.4) is 0 Å². The number of hydrogen-bond acceptors (Lipinski definition) is 2. The summed E-state index contributed by atoms with van der Waals surface area (Å²) in [5.41, 5.74) is 5.75. The fraction of sp³-hybridized carbons (Fsp3) is 0.929. The zero-order chi connectivity index (χ0) is 13.8. The molecule has 0 aromatic carbocycles. The van der Waals surface area contributed by atoms with Gasteiger partial charge >= 0.3 is 6.03 Å². The van der Waals surface area contributed by atoms with E-state index in [4.69, 9.17) is 5.73 Å². The van der Waals surface area contributed by atoms with Crippen LogP contribution < -0.4 is 11.1 Å². The minimum Gasteiger partial charge on any atom is -0.351 e. The first-order valence-electron chi connectivity index (χ1n) is 7.09. The van der Waals surface area contributed by atoms with E-state index in [1.165, 1.54) is 0 Å². The molecule has 1 aliphatic rings. The second-order valence-corrected chi connectivity index (χ2v) is 6.76. The molecule has 1 rings (SSSR count). The highest BCUT2D eigenvalue weighted by Crippen LogP contribution is 2.30. The largest absolute Gasteiger partial charge is 0.351 e. The van der Waals surface area contributed by atoms with Crippen molar-refractivity contribution in [2.45, 2.75) is 53.0 Å². The van der Waals surface area contributed by atoms with Gasteiger partial charge in [0.05, 0.1) is 0 Å². The van der Waals surface area contributed by atoms with Crippen molar-refractivity contribution in [3.8, 4) is 0 Å². The number of nitrogens with one attached hydrogen (secondary N) is 1. The molecule has 0 spiro atoms. The van der Waals surface area contributed by atoms with Crippen LogP contribution in [0.1, 0.15) is 47.0 Å². The fourth-order valence-corrected chi connectivity index (χ4v) is 2.89. The summed E-state index contributed by atoms with van der Waals surface area (Å²) in [5.74, 6) is 0.556. The Kier molecular flexibility index (Phi) is 5.45. The molecule has 1 aliphatic heterocycles. The highest BCUT2D eigenvalue weighted by Gasteiger charge is 2.30. The molecule has 4 heteroatoms. The molecule has 1 heterocycles. The zero-order valence-corrected chi connectivity index (χ0v) is 12.3. The van der Waals surface area contributed by atoms with Gasteiger partial charge in [0.2, 0.25) is 0 Å². The molecule has 1 saturated heterocycles. The highest BCUT2D eigenvalue weighted by atomic mass is 16.2. The van der Waals surface area contributed by atoms with Crippen LogP contribution in [-0.2, 0) is 0 Å². The highest BCUT2D eigenvalue weighted by molar-refractivity contribution is 5.72. The van der Waals surface area contributed by atoms with Gasteiger partial charge in [-0.2, -0.15) is 0 Å². The second kappa shape index (κ2) is 6.41. The number of carbonyl (C=O) groups is 1. The first kappa shape index (κ1) is 15.3. The van der Waals surface area contributed by atoms with Crippen molar-refractivity contribution in [1.29, 1.82) is 0 Å². The van der Waals surface area contributed by atoms with Crippen LogP contribution in [0.5, 0.6) is 0 Å². The molecule has 0 aliphatic carbocycles. The topological polar surface area (TPSA) is 58.4 Å². The van der Waals surface area contributed by atoms with Crippen LogP contribution in [0.15, 0.2) is 0 Å². The summed E-state index contributed by atoms with van der Waals surface area (Å²) in [6.07, 6.45) is 3.42. The summed E-state index contributed by atoms with van der Waals surface area (Å²) < 4.78 is 0. The third-order valence-corrected chi connectivity index (χ3v) is 3.43. The molecule has 106 valence electrons. The van der Waals surface area contributed by atoms with E-state index in [9.17, 15) is 4.79 Å². The lowest BCUT2D eigenvalue weighted by Gasteiger charge is -2.39. The van der Waals surface area contributed by atoms with Crippen LogP contribution in [-0.4, -0.2) is 36.6 Å². The molecular formula is C14H29N3O. The molecule has 0 aromatic rings. The summed E-state index contributed by atoms with van der Waals surface area (Å²) in [7, 11) is 0. The number of nitrogens with two attached hydrogens (primary N) is 1. The first-order chi connectivity index (χ1) is 8.31. The molecule has 4 nitrogen and oxygen atoms in total. The number of carbonyl (C=O) groups excluding carboxylic acids is 1. The van der Waals surface area contributed by atoms with Gasteiger partial charge in [-0.25, -0.2) is 4.79 Å². The molecule has 0 radical (unpaired) electrons. The molecule has 1 fully saturated rings. The van der Waals surface area contributed by atoms with E-state index < -0.39 is 0 Å². The normalized spacial score (nSPS) is 25.2. The molecule has 2 atom stereocenters. The average Bonchev–Trinajstić information content (AvgIpc) is 2.23. The Balaban J connectivity index is 2.59. The van der Waals surface area contributed by atoms with E-state index >= 15 is 0 Å². The first-order valence-corrected chi connectivity index (χ1v) is 7.09. The molecule has 2 amide bonds. The molecule has 18 heavy (non-hydrogen) atoms. The van der Waals surface area contributed by atoms with E-state index in [0.29, 0.717) is 17.4 Å². The van der Waals surface area contributed by atoms with Crippen LogP contribution in [0, 0.1) is 11.3 Å². The molecule has 0 bridgehead atoms. The Morgan fingerprint density at radius 3 is 2.56 bits per heavy atom. The summed E-state index contributed by atoms with van der Waals surface area (Å²) in [5, 5.41) is 3.52. The fourth-order valence-electron chi connectivity index (χ4n) is 2.89. The SMILES string of the molecule is CCCNC1CC(CC(C)(C)C)CN(C(N)=O)C1. The number of piperidine rings is 1. The van der Waals surface area contributed by atoms with E-state index in [2.05, 4.69) is 33.0 Å². The Bertz CT molecular complexity index is 273. The number of amides is 2. The maximum Gasteiger partial charge on any atom is 0.314 e. The van der Waals surface area contributed by atoms with Gasteiger partial charge < -0.3 is 16.0 Å². The average molecular weight is 255 g/mol. The minimum atomic E-state index is -0.281. The van der Waals surface area contributed by atoms with Crippen molar-refractivity contribution < 1.29 is 4.79 Å². The number of hydrogen-bond donors (Lipinski definition) is 2. The summed E-state index contributed by atoms with van der Waals surface area (Å²) in [6.45, 7) is 11.5. The summed E-state index contributed by atoms with van der Waals surface area (Å²) >= 11 is 0. The van der Waals surface area contributed by atoms with Crippen LogP contribution in [0.25, 0.3) is 0 Å². The third-order valence-electron chi connectivity index (χ3n) is 3.43. The van der Waals surface area contributed by atoms with Gasteiger partial charge in [0, 0.05) is 19.1 Å². The number of rotatable bonds is 4. The Morgan fingerprint density at radius 1 is 1.39 bits per heavy atom. The third kappa shape index (κ3) is 5.25. The number of nitrogens with zero attached hydrogens (tertiary/aromatic N) is 1. The summed E-state index contributed by atoms with van der Waals surface area (Å²) in [6, 6.07) is 0.121. The lowest BCUT2D eigenvalue weighted by atomic mass is 9.80. The van der Waals surface area contributed by atoms with Crippen LogP contribution in [0.4, 0.5) is 4.79 Å². The standard InChI is InChI=1S/C14H29N3O/c1-5-6-16-12-7-11(8-14(2,3)4)9-17(10-12)13(15)18/h11-12,16H,5-10H2,1-4H3,(H2,15,18). The number of likely N-dealkylation sites (tertiary alicyclic amines) is 1. The van der Waals surface area contributed by atoms with Crippen LogP contribution in [0.2, 0.25) is 0 Å². The van der Waals surface area contributed by atoms with Gasteiger partial charge in [0.15, 0.2) is 0 Å². The monoisotopic (exact) mass is 255 g/mol. The molecule has 2 unspecified atom stereocenters. The van der Waals surface area contributed by atoms with Crippen molar-refractivity contribution in [3.63, 3.8) is 0 Å². The van der Waals surface area contributed by atoms with Crippen molar-refractivity contribution in [2.75, 3.05) is 19.6 Å².